The summed E-state index contributed by atoms with van der Waals surface area (Å²) >= 11 is 6.40. The maximum atomic E-state index is 6.40. The third kappa shape index (κ3) is 2.72. The second kappa shape index (κ2) is 5.74. The van der Waals surface area contributed by atoms with E-state index in [1.54, 1.807) is 6.20 Å². The van der Waals surface area contributed by atoms with Crippen LogP contribution >= 0.6 is 11.6 Å². The summed E-state index contributed by atoms with van der Waals surface area (Å²) in [5, 5.41) is 9.45. The third-order valence-corrected chi connectivity index (χ3v) is 3.81. The summed E-state index contributed by atoms with van der Waals surface area (Å²) in [5.74, 6) is 0. The summed E-state index contributed by atoms with van der Waals surface area (Å²) in [6, 6.07) is 5.92. The van der Waals surface area contributed by atoms with E-state index in [0.717, 1.165) is 39.3 Å². The molecule has 1 aromatic carbocycles. The Kier molecular flexibility index (Phi) is 3.80. The molecule has 0 aliphatic carbocycles. The molecule has 0 atom stereocenters. The normalized spacial score (nSPS) is 11.0. The van der Waals surface area contributed by atoms with E-state index in [1.165, 1.54) is 0 Å². The number of rotatable bonds is 4. The molecule has 0 amide bonds. The van der Waals surface area contributed by atoms with Crippen molar-refractivity contribution in [1.29, 1.82) is 0 Å². The first-order valence-electron chi connectivity index (χ1n) is 6.98. The molecule has 0 unspecified atom stereocenters. The lowest BCUT2D eigenvalue weighted by atomic mass is 10.1. The van der Waals surface area contributed by atoms with Crippen molar-refractivity contribution in [3.63, 3.8) is 0 Å². The number of halogens is 1. The number of aromatic nitrogens is 3. The molecule has 4 nitrogen and oxygen atoms in total. The van der Waals surface area contributed by atoms with E-state index in [0.29, 0.717) is 6.54 Å². The Morgan fingerprint density at radius 3 is 3.00 bits per heavy atom. The average molecular weight is 301 g/mol. The van der Waals surface area contributed by atoms with Gasteiger partial charge in [0.25, 0.3) is 0 Å². The van der Waals surface area contributed by atoms with Crippen molar-refractivity contribution in [2.75, 3.05) is 5.32 Å². The third-order valence-electron chi connectivity index (χ3n) is 3.51. The summed E-state index contributed by atoms with van der Waals surface area (Å²) in [6.07, 6.45) is 5.72. The van der Waals surface area contributed by atoms with Gasteiger partial charge in [0.05, 0.1) is 22.4 Å². The van der Waals surface area contributed by atoms with E-state index >= 15 is 0 Å². The predicted molar refractivity (Wildman–Crippen MR) is 86.7 cm³/mol. The number of hydrogen-bond acceptors (Lipinski definition) is 3. The lowest BCUT2D eigenvalue weighted by Crippen LogP contribution is -2.01. The van der Waals surface area contributed by atoms with Gasteiger partial charge >= 0.3 is 0 Å². The van der Waals surface area contributed by atoms with Crippen molar-refractivity contribution in [1.82, 2.24) is 14.8 Å². The minimum Gasteiger partial charge on any atom is -0.379 e. The largest absolute Gasteiger partial charge is 0.379 e. The molecule has 2 aromatic heterocycles. The molecule has 1 N–H and O–H groups in total. The summed E-state index contributed by atoms with van der Waals surface area (Å²) in [4.78, 5) is 4.44. The Morgan fingerprint density at radius 1 is 1.38 bits per heavy atom. The molecule has 0 radical (unpaired) electrons. The van der Waals surface area contributed by atoms with Crippen molar-refractivity contribution < 1.29 is 0 Å². The zero-order valence-corrected chi connectivity index (χ0v) is 12.9. The fourth-order valence-electron chi connectivity index (χ4n) is 2.42. The standard InChI is InChI=1S/C16H17ClN4/c1-3-21-10-12(9-20-21)8-19-16-13-5-4-6-18-15(13)11(2)7-14(16)17/h4-7,9-10,19H,3,8H2,1-2H3. The maximum absolute atomic E-state index is 6.40. The van der Waals surface area contributed by atoms with Crippen LogP contribution in [-0.2, 0) is 13.1 Å². The van der Waals surface area contributed by atoms with Crippen LogP contribution in [0.5, 0.6) is 0 Å². The molecule has 0 aliphatic heterocycles. The van der Waals surface area contributed by atoms with E-state index in [1.807, 2.05) is 42.2 Å². The number of anilines is 1. The monoisotopic (exact) mass is 300 g/mol. The molecular weight excluding hydrogens is 284 g/mol. The van der Waals surface area contributed by atoms with Gasteiger partial charge in [0.15, 0.2) is 0 Å². The quantitative estimate of drug-likeness (QED) is 0.791. The summed E-state index contributed by atoms with van der Waals surface area (Å²) in [5.41, 5.74) is 4.12. The van der Waals surface area contributed by atoms with Crippen LogP contribution in [0.4, 0.5) is 5.69 Å². The highest BCUT2D eigenvalue weighted by Crippen LogP contribution is 2.32. The van der Waals surface area contributed by atoms with Gasteiger partial charge in [0.1, 0.15) is 0 Å². The number of nitrogens with one attached hydrogen (secondary N) is 1. The van der Waals surface area contributed by atoms with E-state index in [4.69, 9.17) is 11.6 Å². The van der Waals surface area contributed by atoms with Gasteiger partial charge < -0.3 is 5.32 Å². The predicted octanol–water partition coefficient (Wildman–Crippen LogP) is 4.03. The van der Waals surface area contributed by atoms with Crippen LogP contribution in [0, 0.1) is 6.92 Å². The van der Waals surface area contributed by atoms with Crippen molar-refractivity contribution in [2.45, 2.75) is 26.9 Å². The number of fused-ring (bicyclic) bond motifs is 1. The van der Waals surface area contributed by atoms with Crippen molar-refractivity contribution in [3.8, 4) is 0 Å². The number of nitrogens with zero attached hydrogens (tertiary/aromatic N) is 3. The Labute approximate surface area is 128 Å². The van der Waals surface area contributed by atoms with Gasteiger partial charge in [0.2, 0.25) is 0 Å². The molecule has 0 fully saturated rings. The zero-order chi connectivity index (χ0) is 14.8. The molecule has 0 saturated carbocycles. The average Bonchev–Trinajstić information content (AvgIpc) is 2.95. The van der Waals surface area contributed by atoms with Gasteiger partial charge in [-0.25, -0.2) is 0 Å². The number of aryl methyl sites for hydroxylation is 2. The minimum atomic E-state index is 0.687. The highest BCUT2D eigenvalue weighted by Gasteiger charge is 2.09. The molecule has 0 saturated heterocycles. The lowest BCUT2D eigenvalue weighted by Gasteiger charge is -2.12. The topological polar surface area (TPSA) is 42.7 Å². The fourth-order valence-corrected chi connectivity index (χ4v) is 2.75. The molecule has 3 aromatic rings. The van der Waals surface area contributed by atoms with Gasteiger partial charge in [0, 0.05) is 36.4 Å². The first-order valence-corrected chi connectivity index (χ1v) is 7.36. The smallest absolute Gasteiger partial charge is 0.0752 e. The van der Waals surface area contributed by atoms with Crippen LogP contribution in [0.3, 0.4) is 0 Å². The van der Waals surface area contributed by atoms with Crippen LogP contribution in [0.2, 0.25) is 5.02 Å². The first kappa shape index (κ1) is 13.9. The minimum absolute atomic E-state index is 0.687. The van der Waals surface area contributed by atoms with Crippen molar-refractivity contribution in [2.24, 2.45) is 0 Å². The SMILES string of the molecule is CCn1cc(CNc2c(Cl)cc(C)c3ncccc23)cn1. The number of benzene rings is 1. The molecule has 0 spiro atoms. The summed E-state index contributed by atoms with van der Waals surface area (Å²) in [7, 11) is 0. The highest BCUT2D eigenvalue weighted by atomic mass is 35.5. The number of hydrogen-bond donors (Lipinski definition) is 1. The van der Waals surface area contributed by atoms with Crippen molar-refractivity contribution in [3.05, 3.63) is 52.9 Å². The molecule has 3 rings (SSSR count). The van der Waals surface area contributed by atoms with Crippen LogP contribution in [0.1, 0.15) is 18.1 Å². The summed E-state index contributed by atoms with van der Waals surface area (Å²) in [6.45, 7) is 5.65. The second-order valence-electron chi connectivity index (χ2n) is 5.01. The highest BCUT2D eigenvalue weighted by molar-refractivity contribution is 6.35. The van der Waals surface area contributed by atoms with Crippen molar-refractivity contribution >= 4 is 28.2 Å². The lowest BCUT2D eigenvalue weighted by molar-refractivity contribution is 0.659. The molecule has 5 heteroatoms. The van der Waals surface area contributed by atoms with E-state index in [-0.39, 0.29) is 0 Å². The van der Waals surface area contributed by atoms with Gasteiger partial charge in [-0.3, -0.25) is 9.67 Å². The van der Waals surface area contributed by atoms with Gasteiger partial charge in [-0.05, 0) is 37.6 Å². The molecule has 2 heterocycles. The van der Waals surface area contributed by atoms with E-state index in [2.05, 4.69) is 22.3 Å². The van der Waals surface area contributed by atoms with Gasteiger partial charge in [-0.1, -0.05) is 11.6 Å². The van der Waals surface area contributed by atoms with Crippen LogP contribution in [0.15, 0.2) is 36.8 Å². The Hall–Kier alpha value is -2.07. The molecule has 0 bridgehead atoms. The van der Waals surface area contributed by atoms with Gasteiger partial charge in [-0.15, -0.1) is 0 Å². The molecule has 0 aliphatic rings. The van der Waals surface area contributed by atoms with Crippen LogP contribution in [0.25, 0.3) is 10.9 Å². The summed E-state index contributed by atoms with van der Waals surface area (Å²) < 4.78 is 1.91. The van der Waals surface area contributed by atoms with Crippen LogP contribution in [-0.4, -0.2) is 14.8 Å². The molecular formula is C16H17ClN4. The maximum Gasteiger partial charge on any atom is 0.0752 e. The van der Waals surface area contributed by atoms with E-state index in [9.17, 15) is 0 Å². The second-order valence-corrected chi connectivity index (χ2v) is 5.41. The van der Waals surface area contributed by atoms with E-state index < -0.39 is 0 Å². The fraction of sp³-hybridized carbons (Fsp3) is 0.250. The van der Waals surface area contributed by atoms with Crippen LogP contribution < -0.4 is 5.32 Å². The first-order chi connectivity index (χ1) is 10.2. The zero-order valence-electron chi connectivity index (χ0n) is 12.1. The Balaban J connectivity index is 1.93. The molecule has 21 heavy (non-hydrogen) atoms. The number of pyridine rings is 1. The van der Waals surface area contributed by atoms with Gasteiger partial charge in [-0.2, -0.15) is 5.10 Å². The Bertz CT molecular complexity index is 779. The Morgan fingerprint density at radius 2 is 2.24 bits per heavy atom. The molecule has 108 valence electrons.